The van der Waals surface area contributed by atoms with Crippen molar-refractivity contribution in [2.75, 3.05) is 5.73 Å². The molecule has 16 heavy (non-hydrogen) atoms. The van der Waals surface area contributed by atoms with Crippen molar-refractivity contribution in [3.05, 3.63) is 35.7 Å². The second kappa shape index (κ2) is 3.84. The first-order chi connectivity index (χ1) is 7.81. The Morgan fingerprint density at radius 3 is 3.06 bits per heavy atom. The molecule has 0 aliphatic heterocycles. The lowest BCUT2D eigenvalue weighted by atomic mass is 10.3. The summed E-state index contributed by atoms with van der Waals surface area (Å²) in [6, 6.07) is 9.53. The molecule has 0 bridgehead atoms. The number of anilines is 1. The van der Waals surface area contributed by atoms with Gasteiger partial charge in [0.15, 0.2) is 5.58 Å². The molecule has 0 aliphatic rings. The first-order valence-corrected chi connectivity index (χ1v) is 6.38. The minimum atomic E-state index is 0.656. The maximum atomic E-state index is 5.68. The molecule has 0 spiro atoms. The molecule has 0 amide bonds. The molecule has 0 unspecified atom stereocenters. The van der Waals surface area contributed by atoms with Gasteiger partial charge in [-0.25, -0.2) is 4.98 Å². The summed E-state index contributed by atoms with van der Waals surface area (Å²) in [7, 11) is 0. The minimum absolute atomic E-state index is 0.656. The van der Waals surface area contributed by atoms with Crippen molar-refractivity contribution >= 4 is 39.9 Å². The molecule has 2 aromatic heterocycles. The summed E-state index contributed by atoms with van der Waals surface area (Å²) in [5, 5.41) is 2.69. The molecule has 3 rings (SSSR count). The summed E-state index contributed by atoms with van der Waals surface area (Å²) < 4.78 is 6.77. The van der Waals surface area contributed by atoms with Crippen molar-refractivity contribution < 1.29 is 4.42 Å². The van der Waals surface area contributed by atoms with Gasteiger partial charge < -0.3 is 10.2 Å². The van der Waals surface area contributed by atoms with Gasteiger partial charge in [-0.05, 0) is 35.3 Å². The van der Waals surface area contributed by atoms with E-state index >= 15 is 0 Å². The first-order valence-electron chi connectivity index (χ1n) is 4.69. The molecule has 1 aromatic carbocycles. The van der Waals surface area contributed by atoms with Gasteiger partial charge in [0.25, 0.3) is 5.22 Å². The third-order valence-corrected chi connectivity index (χ3v) is 3.96. The fourth-order valence-corrected chi connectivity index (χ4v) is 2.99. The fourth-order valence-electron chi connectivity index (χ4n) is 1.37. The lowest BCUT2D eigenvalue weighted by molar-refractivity contribution is 0.490. The number of nitrogens with two attached hydrogens (primary N) is 1. The summed E-state index contributed by atoms with van der Waals surface area (Å²) in [4.78, 5) is 4.38. The van der Waals surface area contributed by atoms with Crippen LogP contribution in [-0.4, -0.2) is 4.98 Å². The van der Waals surface area contributed by atoms with Crippen LogP contribution in [0.25, 0.3) is 11.1 Å². The van der Waals surface area contributed by atoms with E-state index in [1.807, 2.05) is 29.6 Å². The molecule has 2 heterocycles. The van der Waals surface area contributed by atoms with Crippen molar-refractivity contribution in [3.63, 3.8) is 0 Å². The molecule has 3 nitrogen and oxygen atoms in total. The lowest BCUT2D eigenvalue weighted by Gasteiger charge is -1.89. The number of aromatic nitrogens is 1. The van der Waals surface area contributed by atoms with Gasteiger partial charge in [-0.2, -0.15) is 0 Å². The molecule has 80 valence electrons. The summed E-state index contributed by atoms with van der Waals surface area (Å²) in [5.41, 5.74) is 7.94. The Bertz CT molecular complexity index is 616. The fraction of sp³-hybridized carbons (Fsp3) is 0. The number of fused-ring (bicyclic) bond motifs is 1. The monoisotopic (exact) mass is 248 g/mol. The number of nitrogen functional groups attached to an aromatic ring is 1. The molecule has 0 radical (unpaired) electrons. The van der Waals surface area contributed by atoms with Crippen molar-refractivity contribution in [3.8, 4) is 0 Å². The van der Waals surface area contributed by atoms with Crippen LogP contribution >= 0.6 is 23.1 Å². The van der Waals surface area contributed by atoms with Crippen molar-refractivity contribution in [1.29, 1.82) is 0 Å². The molecule has 0 saturated heterocycles. The van der Waals surface area contributed by atoms with E-state index in [-0.39, 0.29) is 0 Å². The number of rotatable bonds is 2. The molecule has 2 N–H and O–H groups in total. The normalized spacial score (nSPS) is 11.0. The van der Waals surface area contributed by atoms with Gasteiger partial charge in [0.1, 0.15) is 5.52 Å². The molecule has 3 aromatic rings. The minimum Gasteiger partial charge on any atom is -0.431 e. The summed E-state index contributed by atoms with van der Waals surface area (Å²) in [6.07, 6.45) is 0. The van der Waals surface area contributed by atoms with Crippen LogP contribution in [0.15, 0.2) is 49.6 Å². The second-order valence-corrected chi connectivity index (χ2v) is 5.44. The van der Waals surface area contributed by atoms with Crippen LogP contribution in [0.2, 0.25) is 0 Å². The Labute approximate surface area is 100 Å². The number of benzene rings is 1. The number of hydrogen-bond donors (Lipinski definition) is 1. The number of thiophene rings is 1. The third kappa shape index (κ3) is 1.79. The van der Waals surface area contributed by atoms with E-state index in [9.17, 15) is 0 Å². The molecule has 0 saturated carbocycles. The van der Waals surface area contributed by atoms with E-state index in [0.717, 1.165) is 11.1 Å². The Morgan fingerprint density at radius 1 is 1.31 bits per heavy atom. The predicted octanol–water partition coefficient (Wildman–Crippen LogP) is 3.62. The Kier molecular flexibility index (Phi) is 2.34. The van der Waals surface area contributed by atoms with Gasteiger partial charge in [0.2, 0.25) is 0 Å². The van der Waals surface area contributed by atoms with E-state index in [4.69, 9.17) is 10.2 Å². The molecule has 0 aliphatic carbocycles. The smallest absolute Gasteiger partial charge is 0.262 e. The maximum absolute atomic E-state index is 5.68. The van der Waals surface area contributed by atoms with Crippen LogP contribution in [0.5, 0.6) is 0 Å². The van der Waals surface area contributed by atoms with E-state index in [1.165, 1.54) is 16.0 Å². The highest BCUT2D eigenvalue weighted by Crippen LogP contribution is 2.32. The number of hydrogen-bond acceptors (Lipinski definition) is 5. The van der Waals surface area contributed by atoms with Crippen molar-refractivity contribution in [1.82, 2.24) is 4.98 Å². The predicted molar refractivity (Wildman–Crippen MR) is 66.9 cm³/mol. The van der Waals surface area contributed by atoms with Crippen molar-refractivity contribution in [2.24, 2.45) is 0 Å². The maximum Gasteiger partial charge on any atom is 0.262 e. The van der Waals surface area contributed by atoms with Gasteiger partial charge in [-0.1, -0.05) is 6.07 Å². The topological polar surface area (TPSA) is 52.0 Å². The first kappa shape index (κ1) is 9.74. The zero-order chi connectivity index (χ0) is 11.0. The number of nitrogens with zero attached hydrogens (tertiary/aromatic N) is 1. The molecule has 0 atom stereocenters. The van der Waals surface area contributed by atoms with Crippen LogP contribution in [0.4, 0.5) is 5.69 Å². The van der Waals surface area contributed by atoms with Crippen LogP contribution in [0, 0.1) is 0 Å². The highest BCUT2D eigenvalue weighted by molar-refractivity contribution is 8.00. The van der Waals surface area contributed by atoms with Gasteiger partial charge in [0, 0.05) is 11.8 Å². The molecule has 5 heteroatoms. The average Bonchev–Trinajstić information content (AvgIpc) is 2.86. The molecular formula is C11H8N2OS2. The highest BCUT2D eigenvalue weighted by atomic mass is 32.2. The lowest BCUT2D eigenvalue weighted by Crippen LogP contribution is -1.81. The Morgan fingerprint density at radius 2 is 2.25 bits per heavy atom. The third-order valence-electron chi connectivity index (χ3n) is 2.08. The van der Waals surface area contributed by atoms with Crippen LogP contribution in [0.3, 0.4) is 0 Å². The quantitative estimate of drug-likeness (QED) is 0.704. The van der Waals surface area contributed by atoms with E-state index in [0.29, 0.717) is 10.9 Å². The van der Waals surface area contributed by atoms with Gasteiger partial charge >= 0.3 is 0 Å². The van der Waals surface area contributed by atoms with Crippen LogP contribution < -0.4 is 5.73 Å². The van der Waals surface area contributed by atoms with Gasteiger partial charge in [-0.3, -0.25) is 0 Å². The summed E-state index contributed by atoms with van der Waals surface area (Å²) in [6.45, 7) is 0. The van der Waals surface area contributed by atoms with Crippen LogP contribution in [-0.2, 0) is 0 Å². The zero-order valence-electron chi connectivity index (χ0n) is 8.21. The largest absolute Gasteiger partial charge is 0.431 e. The zero-order valence-corrected chi connectivity index (χ0v) is 9.85. The molecular weight excluding hydrogens is 240 g/mol. The summed E-state index contributed by atoms with van der Waals surface area (Å²) in [5.74, 6) is 0. The van der Waals surface area contributed by atoms with Gasteiger partial charge in [-0.15, -0.1) is 11.3 Å². The number of oxazole rings is 1. The van der Waals surface area contributed by atoms with Crippen LogP contribution in [0.1, 0.15) is 0 Å². The standard InChI is InChI=1S/C11H8N2OS2/c12-7-3-4-8-9(6-7)14-11(13-8)16-10-2-1-5-15-10/h1-6H,12H2. The summed E-state index contributed by atoms with van der Waals surface area (Å²) >= 11 is 3.19. The SMILES string of the molecule is Nc1ccc2nc(Sc3cccs3)oc2c1. The van der Waals surface area contributed by atoms with E-state index in [2.05, 4.69) is 4.98 Å². The Hall–Kier alpha value is -1.46. The van der Waals surface area contributed by atoms with Gasteiger partial charge in [0.05, 0.1) is 4.21 Å². The second-order valence-electron chi connectivity index (χ2n) is 3.24. The van der Waals surface area contributed by atoms with Crippen molar-refractivity contribution in [2.45, 2.75) is 9.43 Å². The van der Waals surface area contributed by atoms with E-state index < -0.39 is 0 Å². The van der Waals surface area contributed by atoms with E-state index in [1.54, 1.807) is 17.4 Å². The average molecular weight is 248 g/mol. The molecule has 0 fully saturated rings. The Balaban J connectivity index is 1.99. The highest BCUT2D eigenvalue weighted by Gasteiger charge is 2.07.